The zero-order valence-corrected chi connectivity index (χ0v) is 11.9. The van der Waals surface area contributed by atoms with Crippen molar-refractivity contribution in [3.05, 3.63) is 17.8 Å². The average Bonchev–Trinajstić information content (AvgIpc) is 2.99. The number of aryl methyl sites for hydroxylation is 1. The summed E-state index contributed by atoms with van der Waals surface area (Å²) in [5.74, 6) is 0.621. The van der Waals surface area contributed by atoms with E-state index in [0.717, 1.165) is 23.3 Å². The zero-order chi connectivity index (χ0) is 13.7. The largest absolute Gasteiger partial charge is 0.369 e. The van der Waals surface area contributed by atoms with Gasteiger partial charge in [-0.05, 0) is 44.9 Å². The maximum Gasteiger partial charge on any atom is 0.202 e. The van der Waals surface area contributed by atoms with Gasteiger partial charge in [0.05, 0.1) is 6.04 Å². The van der Waals surface area contributed by atoms with Crippen molar-refractivity contribution < 1.29 is 0 Å². The molecule has 2 saturated heterocycles. The summed E-state index contributed by atoms with van der Waals surface area (Å²) in [6, 6.07) is 5.08. The van der Waals surface area contributed by atoms with Crippen LogP contribution in [0.25, 0.3) is 11.2 Å². The van der Waals surface area contributed by atoms with Gasteiger partial charge in [-0.3, -0.25) is 9.47 Å². The molecule has 5 heteroatoms. The molecule has 0 saturated carbocycles. The van der Waals surface area contributed by atoms with Crippen LogP contribution in [0.5, 0.6) is 0 Å². The summed E-state index contributed by atoms with van der Waals surface area (Å²) < 4.78 is 2.19. The third-order valence-electron chi connectivity index (χ3n) is 4.86. The molecule has 2 aliphatic heterocycles. The molecule has 2 aliphatic rings. The van der Waals surface area contributed by atoms with Crippen molar-refractivity contribution in [3.63, 3.8) is 0 Å². The number of hydrogen-bond acceptors (Lipinski definition) is 4. The van der Waals surface area contributed by atoms with Gasteiger partial charge in [0.1, 0.15) is 5.52 Å². The number of nitrogens with two attached hydrogens (primary N) is 1. The van der Waals surface area contributed by atoms with E-state index in [0.29, 0.717) is 18.0 Å². The maximum absolute atomic E-state index is 6.20. The molecule has 0 aromatic carbocycles. The Morgan fingerprint density at radius 2 is 2.00 bits per heavy atom. The van der Waals surface area contributed by atoms with Gasteiger partial charge in [0.15, 0.2) is 5.65 Å². The minimum Gasteiger partial charge on any atom is -0.369 e. The van der Waals surface area contributed by atoms with Crippen LogP contribution in [0.1, 0.15) is 37.4 Å². The van der Waals surface area contributed by atoms with Crippen molar-refractivity contribution >= 4 is 17.1 Å². The van der Waals surface area contributed by atoms with E-state index in [1.54, 1.807) is 0 Å². The fraction of sp³-hybridized carbons (Fsp3) is 0.600. The Labute approximate surface area is 118 Å². The Morgan fingerprint density at radius 1 is 1.10 bits per heavy atom. The molecule has 2 atom stereocenters. The van der Waals surface area contributed by atoms with Gasteiger partial charge in [-0.15, -0.1) is 0 Å². The van der Waals surface area contributed by atoms with Crippen LogP contribution in [0.15, 0.2) is 12.1 Å². The van der Waals surface area contributed by atoms with E-state index < -0.39 is 0 Å². The smallest absolute Gasteiger partial charge is 0.202 e. The molecule has 2 fully saturated rings. The Hall–Kier alpha value is -1.62. The lowest BCUT2D eigenvalue weighted by Gasteiger charge is -2.33. The number of hydrogen-bond donors (Lipinski definition) is 1. The van der Waals surface area contributed by atoms with Gasteiger partial charge in [-0.2, -0.15) is 0 Å². The number of rotatable bonds is 1. The summed E-state index contributed by atoms with van der Waals surface area (Å²) in [6.07, 6.45) is 5.10. The Balaban J connectivity index is 1.81. The molecule has 4 heterocycles. The van der Waals surface area contributed by atoms with E-state index >= 15 is 0 Å². The fourth-order valence-corrected chi connectivity index (χ4v) is 3.93. The van der Waals surface area contributed by atoms with Crippen LogP contribution in [0.4, 0.5) is 5.95 Å². The average molecular weight is 271 g/mol. The number of nitrogens with zero attached hydrogens (tertiary/aromatic N) is 4. The third-order valence-corrected chi connectivity index (χ3v) is 4.86. The summed E-state index contributed by atoms with van der Waals surface area (Å²) in [6.45, 7) is 4.44. The first kappa shape index (κ1) is 12.1. The normalized spacial score (nSPS) is 27.1. The highest BCUT2D eigenvalue weighted by atomic mass is 15.3. The third kappa shape index (κ3) is 1.73. The molecule has 2 aromatic heterocycles. The lowest BCUT2D eigenvalue weighted by atomic mass is 9.99. The molecule has 0 spiro atoms. The number of imidazole rings is 1. The van der Waals surface area contributed by atoms with Gasteiger partial charge >= 0.3 is 0 Å². The van der Waals surface area contributed by atoms with Gasteiger partial charge < -0.3 is 5.73 Å². The van der Waals surface area contributed by atoms with Crippen molar-refractivity contribution in [1.29, 1.82) is 0 Å². The van der Waals surface area contributed by atoms with Crippen molar-refractivity contribution in [2.24, 2.45) is 0 Å². The molecule has 106 valence electrons. The maximum atomic E-state index is 6.20. The number of fused-ring (bicyclic) bond motifs is 2. The van der Waals surface area contributed by atoms with Crippen molar-refractivity contribution in [3.8, 4) is 0 Å². The molecule has 0 radical (unpaired) electrons. The summed E-state index contributed by atoms with van der Waals surface area (Å²) in [4.78, 5) is 11.8. The molecule has 2 unspecified atom stereocenters. The van der Waals surface area contributed by atoms with E-state index in [2.05, 4.69) is 19.4 Å². The highest BCUT2D eigenvalue weighted by Gasteiger charge is 2.38. The second-order valence-electron chi connectivity index (χ2n) is 6.09. The van der Waals surface area contributed by atoms with Crippen LogP contribution in [-0.2, 0) is 0 Å². The topological polar surface area (TPSA) is 60.0 Å². The second-order valence-corrected chi connectivity index (χ2v) is 6.09. The molecule has 4 rings (SSSR count). The van der Waals surface area contributed by atoms with Crippen LogP contribution >= 0.6 is 0 Å². The molecule has 2 aromatic rings. The van der Waals surface area contributed by atoms with Crippen LogP contribution in [0.2, 0.25) is 0 Å². The van der Waals surface area contributed by atoms with Crippen molar-refractivity contribution in [2.75, 3.05) is 18.8 Å². The number of anilines is 1. The standard InChI is InChI=1S/C15H21N5/c1-10-5-6-11-14(17-10)20(15(16)18-11)13-7-9-19-8-3-2-4-12(13)19/h5-6,12-13H,2-4,7-9H2,1H3,(H2,16,18). The predicted octanol–water partition coefficient (Wildman–Crippen LogP) is 2.12. The van der Waals surface area contributed by atoms with Gasteiger partial charge in [0.2, 0.25) is 5.95 Å². The van der Waals surface area contributed by atoms with Crippen LogP contribution in [-0.4, -0.2) is 38.6 Å². The molecule has 0 bridgehead atoms. The molecular weight excluding hydrogens is 250 g/mol. The predicted molar refractivity (Wildman–Crippen MR) is 79.5 cm³/mol. The zero-order valence-electron chi connectivity index (χ0n) is 11.9. The molecule has 0 aliphatic carbocycles. The van der Waals surface area contributed by atoms with Crippen LogP contribution in [0.3, 0.4) is 0 Å². The minimum atomic E-state index is 0.439. The highest BCUT2D eigenvalue weighted by molar-refractivity contribution is 5.74. The quantitative estimate of drug-likeness (QED) is 0.863. The van der Waals surface area contributed by atoms with Gasteiger partial charge in [-0.1, -0.05) is 6.42 Å². The minimum absolute atomic E-state index is 0.439. The molecule has 20 heavy (non-hydrogen) atoms. The molecular formula is C15H21N5. The van der Waals surface area contributed by atoms with E-state index in [1.807, 2.05) is 19.1 Å². The van der Waals surface area contributed by atoms with Gasteiger partial charge in [0, 0.05) is 18.3 Å². The van der Waals surface area contributed by atoms with Crippen LogP contribution in [0, 0.1) is 6.92 Å². The first-order chi connectivity index (χ1) is 9.74. The second kappa shape index (κ2) is 4.45. The first-order valence-corrected chi connectivity index (χ1v) is 7.59. The number of piperidine rings is 1. The number of nitrogen functional groups attached to an aromatic ring is 1. The lowest BCUT2D eigenvalue weighted by Crippen LogP contribution is -2.38. The summed E-state index contributed by atoms with van der Waals surface area (Å²) in [5, 5.41) is 0. The van der Waals surface area contributed by atoms with Gasteiger partial charge in [-0.25, -0.2) is 9.97 Å². The lowest BCUT2D eigenvalue weighted by molar-refractivity contribution is 0.175. The van der Waals surface area contributed by atoms with E-state index in [1.165, 1.54) is 32.4 Å². The highest BCUT2D eigenvalue weighted by Crippen LogP contribution is 2.37. The van der Waals surface area contributed by atoms with Crippen molar-refractivity contribution in [2.45, 2.75) is 44.7 Å². The Morgan fingerprint density at radius 3 is 2.90 bits per heavy atom. The van der Waals surface area contributed by atoms with Gasteiger partial charge in [0.25, 0.3) is 0 Å². The Kier molecular flexibility index (Phi) is 2.70. The van der Waals surface area contributed by atoms with E-state index in [-0.39, 0.29) is 0 Å². The molecule has 0 amide bonds. The number of pyridine rings is 1. The fourth-order valence-electron chi connectivity index (χ4n) is 3.93. The van der Waals surface area contributed by atoms with Crippen LogP contribution < -0.4 is 5.73 Å². The van der Waals surface area contributed by atoms with E-state index in [9.17, 15) is 0 Å². The SMILES string of the molecule is Cc1ccc2nc(N)n(C3CCN4CCCCC34)c2n1. The summed E-state index contributed by atoms with van der Waals surface area (Å²) in [5.41, 5.74) is 9.10. The summed E-state index contributed by atoms with van der Waals surface area (Å²) >= 11 is 0. The number of aromatic nitrogens is 3. The molecule has 5 nitrogen and oxygen atoms in total. The monoisotopic (exact) mass is 271 g/mol. The van der Waals surface area contributed by atoms with Crippen molar-refractivity contribution in [1.82, 2.24) is 19.4 Å². The first-order valence-electron chi connectivity index (χ1n) is 7.59. The summed E-state index contributed by atoms with van der Waals surface area (Å²) in [7, 11) is 0. The van der Waals surface area contributed by atoms with E-state index in [4.69, 9.17) is 5.73 Å². The molecule has 2 N–H and O–H groups in total. The Bertz CT molecular complexity index is 647.